The summed E-state index contributed by atoms with van der Waals surface area (Å²) in [5.74, 6) is -0.581. The molecule has 1 unspecified atom stereocenters. The van der Waals surface area contributed by atoms with Crippen LogP contribution in [0.1, 0.15) is 258 Å². The molecule has 0 aromatic heterocycles. The molecule has 0 fully saturated rings. The third-order valence-electron chi connectivity index (χ3n) is 11.1. The minimum Gasteiger partial charge on any atom is -0.462 e. The summed E-state index contributed by atoms with van der Waals surface area (Å²) >= 11 is 0. The summed E-state index contributed by atoms with van der Waals surface area (Å²) in [5.41, 5.74) is 0. The zero-order chi connectivity index (χ0) is 42.1. The lowest BCUT2D eigenvalue weighted by Gasteiger charge is -2.15. The van der Waals surface area contributed by atoms with Crippen LogP contribution in [0, 0.1) is 0 Å². The quantitative estimate of drug-likeness (QED) is 0.0376. The fraction of sp³-hybridized carbons (Fsp3) is 0.811. The molecule has 0 saturated carbocycles. The van der Waals surface area contributed by atoms with Crippen molar-refractivity contribution in [3.05, 3.63) is 48.6 Å². The maximum atomic E-state index is 12.3. The van der Waals surface area contributed by atoms with Crippen molar-refractivity contribution < 1.29 is 24.2 Å². The fourth-order valence-electron chi connectivity index (χ4n) is 7.37. The van der Waals surface area contributed by atoms with Crippen molar-refractivity contribution in [1.82, 2.24) is 0 Å². The number of hydrogen-bond acceptors (Lipinski definition) is 5. The summed E-state index contributed by atoms with van der Waals surface area (Å²) < 4.78 is 10.7. The molecule has 0 rings (SSSR count). The summed E-state index contributed by atoms with van der Waals surface area (Å²) in [6.45, 7) is 4.06. The van der Waals surface area contributed by atoms with E-state index in [4.69, 9.17) is 9.47 Å². The molecule has 5 nitrogen and oxygen atoms in total. The number of carbonyl (C=O) groups excluding carboxylic acids is 2. The van der Waals surface area contributed by atoms with Crippen LogP contribution in [0.3, 0.4) is 0 Å². The highest BCUT2D eigenvalue weighted by Gasteiger charge is 2.16. The topological polar surface area (TPSA) is 72.8 Å². The van der Waals surface area contributed by atoms with E-state index in [1.54, 1.807) is 0 Å². The number of unbranched alkanes of at least 4 members (excludes halogenated alkanes) is 30. The standard InChI is InChI=1S/C53H96O5/c1-3-5-7-9-11-13-15-17-19-21-23-24-25-26-27-28-30-32-34-36-38-40-42-44-46-48-53(56)58-51(49-54)50-57-52(55)47-45-43-41-39-37-35-33-31-29-22-20-18-16-14-12-10-8-6-4-2/h5,7,11,13,17,19,23-24,51,54H,3-4,6,8-10,12,14-16,18,20-22,25-50H2,1-2H3/b7-5-,13-11-,19-17-,24-23-. The first-order valence-electron chi connectivity index (χ1n) is 25.2. The maximum absolute atomic E-state index is 12.3. The third-order valence-corrected chi connectivity index (χ3v) is 11.1. The molecule has 0 aliphatic rings. The fourth-order valence-corrected chi connectivity index (χ4v) is 7.37. The molecule has 0 saturated heterocycles. The second kappa shape index (κ2) is 49.2. The SMILES string of the molecule is CC/C=C\C/C=C\C/C=C\C/C=C\CCCCCCCCCCCCCCC(=O)OC(CO)COC(=O)CCCCCCCCCCCCCCCCCCCCC. The number of hydrogen-bond donors (Lipinski definition) is 1. The van der Waals surface area contributed by atoms with E-state index in [-0.39, 0.29) is 25.2 Å². The molecule has 0 amide bonds. The number of rotatable bonds is 46. The van der Waals surface area contributed by atoms with Crippen LogP contribution in [0.4, 0.5) is 0 Å². The van der Waals surface area contributed by atoms with Crippen LogP contribution in [-0.4, -0.2) is 36.4 Å². The molecular weight excluding hydrogens is 717 g/mol. The van der Waals surface area contributed by atoms with Gasteiger partial charge in [0.05, 0.1) is 6.61 Å². The van der Waals surface area contributed by atoms with Gasteiger partial charge in [-0.1, -0.05) is 242 Å². The van der Waals surface area contributed by atoms with Crippen LogP contribution < -0.4 is 0 Å². The highest BCUT2D eigenvalue weighted by atomic mass is 16.6. The van der Waals surface area contributed by atoms with Gasteiger partial charge in [-0.25, -0.2) is 0 Å². The Labute approximate surface area is 360 Å². The minimum absolute atomic E-state index is 0.0633. The van der Waals surface area contributed by atoms with Crippen molar-refractivity contribution in [2.24, 2.45) is 0 Å². The number of carbonyl (C=O) groups is 2. The molecule has 0 aromatic carbocycles. The molecular formula is C53H96O5. The van der Waals surface area contributed by atoms with Gasteiger partial charge < -0.3 is 14.6 Å². The van der Waals surface area contributed by atoms with Crippen LogP contribution in [-0.2, 0) is 19.1 Å². The van der Waals surface area contributed by atoms with Gasteiger partial charge in [-0.3, -0.25) is 9.59 Å². The Balaban J connectivity index is 3.48. The molecule has 1 atom stereocenters. The Morgan fingerprint density at radius 3 is 1.12 bits per heavy atom. The van der Waals surface area contributed by atoms with Crippen molar-refractivity contribution in [2.75, 3.05) is 13.2 Å². The van der Waals surface area contributed by atoms with Gasteiger partial charge in [0, 0.05) is 12.8 Å². The van der Waals surface area contributed by atoms with Crippen LogP contribution in [0.5, 0.6) is 0 Å². The second-order valence-corrected chi connectivity index (χ2v) is 16.9. The zero-order valence-corrected chi connectivity index (χ0v) is 38.6. The number of esters is 2. The Morgan fingerprint density at radius 2 is 0.741 bits per heavy atom. The molecule has 0 radical (unpaired) electrons. The predicted octanol–water partition coefficient (Wildman–Crippen LogP) is 16.5. The van der Waals surface area contributed by atoms with Gasteiger partial charge in [-0.15, -0.1) is 0 Å². The second-order valence-electron chi connectivity index (χ2n) is 16.9. The first-order valence-corrected chi connectivity index (χ1v) is 25.2. The number of ether oxygens (including phenoxy) is 2. The third kappa shape index (κ3) is 46.5. The van der Waals surface area contributed by atoms with Gasteiger partial charge in [-0.2, -0.15) is 0 Å². The number of aliphatic hydroxyl groups is 1. The predicted molar refractivity (Wildman–Crippen MR) is 251 cm³/mol. The van der Waals surface area contributed by atoms with E-state index in [1.807, 2.05) is 0 Å². The first-order chi connectivity index (χ1) is 28.6. The zero-order valence-electron chi connectivity index (χ0n) is 38.6. The van der Waals surface area contributed by atoms with E-state index in [0.29, 0.717) is 12.8 Å². The Morgan fingerprint density at radius 1 is 0.414 bits per heavy atom. The lowest BCUT2D eigenvalue weighted by atomic mass is 10.0. The average molecular weight is 813 g/mol. The molecule has 0 heterocycles. The van der Waals surface area contributed by atoms with Gasteiger partial charge in [-0.05, 0) is 51.4 Å². The summed E-state index contributed by atoms with van der Waals surface area (Å²) in [7, 11) is 0. The highest BCUT2D eigenvalue weighted by molar-refractivity contribution is 5.70. The molecule has 0 aliphatic heterocycles. The Bertz CT molecular complexity index is 966. The first kappa shape index (κ1) is 55.9. The number of aliphatic hydroxyl groups excluding tert-OH is 1. The largest absolute Gasteiger partial charge is 0.462 e. The maximum Gasteiger partial charge on any atom is 0.306 e. The molecule has 0 bridgehead atoms. The molecule has 0 aromatic rings. The van der Waals surface area contributed by atoms with Gasteiger partial charge >= 0.3 is 11.9 Å². The van der Waals surface area contributed by atoms with E-state index < -0.39 is 6.10 Å². The van der Waals surface area contributed by atoms with Gasteiger partial charge in [0.25, 0.3) is 0 Å². The van der Waals surface area contributed by atoms with Crippen LogP contribution >= 0.6 is 0 Å². The summed E-state index contributed by atoms with van der Waals surface area (Å²) in [6.07, 6.45) is 63.4. The van der Waals surface area contributed by atoms with Crippen molar-refractivity contribution in [3.63, 3.8) is 0 Å². The minimum atomic E-state index is -0.771. The van der Waals surface area contributed by atoms with Crippen molar-refractivity contribution in [2.45, 2.75) is 264 Å². The normalized spacial score (nSPS) is 12.5. The van der Waals surface area contributed by atoms with E-state index in [2.05, 4.69) is 62.5 Å². The highest BCUT2D eigenvalue weighted by Crippen LogP contribution is 2.16. The van der Waals surface area contributed by atoms with Gasteiger partial charge in [0.1, 0.15) is 6.61 Å². The molecule has 58 heavy (non-hydrogen) atoms. The molecule has 0 spiro atoms. The summed E-state index contributed by atoms with van der Waals surface area (Å²) in [6, 6.07) is 0. The van der Waals surface area contributed by atoms with E-state index in [0.717, 1.165) is 64.2 Å². The van der Waals surface area contributed by atoms with Crippen LogP contribution in [0.2, 0.25) is 0 Å². The Hall–Kier alpha value is -2.14. The van der Waals surface area contributed by atoms with Crippen LogP contribution in [0.25, 0.3) is 0 Å². The van der Waals surface area contributed by atoms with Crippen LogP contribution in [0.15, 0.2) is 48.6 Å². The van der Waals surface area contributed by atoms with E-state index in [1.165, 1.54) is 167 Å². The smallest absolute Gasteiger partial charge is 0.306 e. The van der Waals surface area contributed by atoms with E-state index in [9.17, 15) is 14.7 Å². The lowest BCUT2D eigenvalue weighted by molar-refractivity contribution is -0.161. The number of allylic oxidation sites excluding steroid dienone is 8. The van der Waals surface area contributed by atoms with Gasteiger partial charge in [0.15, 0.2) is 6.10 Å². The average Bonchev–Trinajstić information content (AvgIpc) is 3.23. The van der Waals surface area contributed by atoms with Crippen molar-refractivity contribution in [3.8, 4) is 0 Å². The summed E-state index contributed by atoms with van der Waals surface area (Å²) in [4.78, 5) is 24.4. The summed E-state index contributed by atoms with van der Waals surface area (Å²) in [5, 5.41) is 9.62. The lowest BCUT2D eigenvalue weighted by Crippen LogP contribution is -2.28. The van der Waals surface area contributed by atoms with E-state index >= 15 is 0 Å². The van der Waals surface area contributed by atoms with Crippen molar-refractivity contribution >= 4 is 11.9 Å². The van der Waals surface area contributed by atoms with Crippen molar-refractivity contribution in [1.29, 1.82) is 0 Å². The molecule has 1 N–H and O–H groups in total. The monoisotopic (exact) mass is 813 g/mol. The van der Waals surface area contributed by atoms with Gasteiger partial charge in [0.2, 0.25) is 0 Å². The Kier molecular flexibility index (Phi) is 47.4. The molecule has 5 heteroatoms. The molecule has 338 valence electrons. The molecule has 0 aliphatic carbocycles.